The third-order valence-electron chi connectivity index (χ3n) is 3.40. The highest BCUT2D eigenvalue weighted by molar-refractivity contribution is 7.20. The number of rotatable bonds is 6. The van der Waals surface area contributed by atoms with E-state index in [9.17, 15) is 9.59 Å². The highest BCUT2D eigenvalue weighted by Crippen LogP contribution is 2.35. The van der Waals surface area contributed by atoms with E-state index in [1.54, 1.807) is 18.2 Å². The van der Waals surface area contributed by atoms with Gasteiger partial charge in [-0.1, -0.05) is 23.5 Å². The van der Waals surface area contributed by atoms with Crippen LogP contribution in [0.25, 0.3) is 10.6 Å². The third kappa shape index (κ3) is 4.13. The largest absolute Gasteiger partial charge is 0.388 e. The van der Waals surface area contributed by atoms with Gasteiger partial charge in [0.15, 0.2) is 16.0 Å². The average molecular weight is 388 g/mol. The van der Waals surface area contributed by atoms with E-state index in [1.165, 1.54) is 29.6 Å². The van der Waals surface area contributed by atoms with Gasteiger partial charge in [-0.25, -0.2) is 9.97 Å². The lowest BCUT2D eigenvalue weighted by Gasteiger charge is -2.04. The van der Waals surface area contributed by atoms with Crippen LogP contribution < -0.4 is 10.6 Å². The summed E-state index contributed by atoms with van der Waals surface area (Å²) in [6, 6.07) is 6.89. The molecule has 1 amide bonds. The predicted molar refractivity (Wildman–Crippen MR) is 103 cm³/mol. The SMILES string of the molecule is CC(=O)Nc1nc(C)c(-c2csc(Nc3cccc(C(=O)CO)c3)n2)s1. The summed E-state index contributed by atoms with van der Waals surface area (Å²) in [5.41, 5.74) is 2.72. The van der Waals surface area contributed by atoms with E-state index in [0.29, 0.717) is 21.5 Å². The number of hydrogen-bond acceptors (Lipinski definition) is 8. The Morgan fingerprint density at radius 2 is 2.04 bits per heavy atom. The van der Waals surface area contributed by atoms with Gasteiger partial charge in [-0.3, -0.25) is 9.59 Å². The normalized spacial score (nSPS) is 10.6. The highest BCUT2D eigenvalue weighted by Gasteiger charge is 2.14. The van der Waals surface area contributed by atoms with Crippen molar-refractivity contribution in [1.29, 1.82) is 0 Å². The number of benzene rings is 1. The van der Waals surface area contributed by atoms with Gasteiger partial charge in [0.25, 0.3) is 0 Å². The molecule has 0 spiro atoms. The summed E-state index contributed by atoms with van der Waals surface area (Å²) < 4.78 is 0. The quantitative estimate of drug-likeness (QED) is 0.559. The van der Waals surface area contributed by atoms with Crippen molar-refractivity contribution >= 4 is 50.3 Å². The lowest BCUT2D eigenvalue weighted by Crippen LogP contribution is -2.04. The molecule has 3 N–H and O–H groups in total. The molecule has 2 heterocycles. The van der Waals surface area contributed by atoms with E-state index in [-0.39, 0.29) is 11.7 Å². The molecule has 0 radical (unpaired) electrons. The summed E-state index contributed by atoms with van der Waals surface area (Å²) >= 11 is 2.80. The van der Waals surface area contributed by atoms with Crippen molar-refractivity contribution in [3.63, 3.8) is 0 Å². The molecule has 0 saturated carbocycles. The minimum atomic E-state index is -0.522. The molecule has 0 atom stereocenters. The van der Waals surface area contributed by atoms with Gasteiger partial charge < -0.3 is 15.7 Å². The minimum Gasteiger partial charge on any atom is -0.388 e. The van der Waals surface area contributed by atoms with Crippen LogP contribution in [0.1, 0.15) is 23.0 Å². The summed E-state index contributed by atoms with van der Waals surface area (Å²) in [5, 5.41) is 17.9. The smallest absolute Gasteiger partial charge is 0.223 e. The number of ketones is 1. The second kappa shape index (κ2) is 7.73. The van der Waals surface area contributed by atoms with Crippen molar-refractivity contribution in [3.05, 3.63) is 40.9 Å². The molecule has 0 aliphatic carbocycles. The maximum Gasteiger partial charge on any atom is 0.223 e. The number of carbonyl (C=O) groups is 2. The van der Waals surface area contributed by atoms with Crippen molar-refractivity contribution in [2.45, 2.75) is 13.8 Å². The fraction of sp³-hybridized carbons (Fsp3) is 0.176. The first kappa shape index (κ1) is 18.2. The second-order valence-electron chi connectivity index (χ2n) is 5.44. The van der Waals surface area contributed by atoms with Crippen LogP contribution in [0.4, 0.5) is 16.0 Å². The summed E-state index contributed by atoms with van der Waals surface area (Å²) in [5.74, 6) is -0.498. The Hall–Kier alpha value is -2.62. The number of thiazole rings is 2. The molecule has 0 aliphatic heterocycles. The number of Topliss-reactive ketones (excluding diaryl/α,β-unsaturated/α-hetero) is 1. The predicted octanol–water partition coefficient (Wildman–Crippen LogP) is 3.45. The van der Waals surface area contributed by atoms with Crippen molar-refractivity contribution in [3.8, 4) is 10.6 Å². The Bertz CT molecular complexity index is 965. The molecule has 1 aromatic carbocycles. The van der Waals surface area contributed by atoms with Crippen LogP contribution in [0, 0.1) is 6.92 Å². The zero-order valence-electron chi connectivity index (χ0n) is 14.1. The number of aliphatic hydroxyl groups excluding tert-OH is 1. The summed E-state index contributed by atoms with van der Waals surface area (Å²) in [6.45, 7) is 2.79. The minimum absolute atomic E-state index is 0.164. The second-order valence-corrected chi connectivity index (χ2v) is 7.30. The van der Waals surface area contributed by atoms with Gasteiger partial charge in [0.1, 0.15) is 6.61 Å². The first-order valence-corrected chi connectivity index (χ1v) is 9.38. The first-order valence-electron chi connectivity index (χ1n) is 7.68. The number of aryl methyl sites for hydroxylation is 1. The van der Waals surface area contributed by atoms with Crippen molar-refractivity contribution in [2.75, 3.05) is 17.2 Å². The molecule has 134 valence electrons. The lowest BCUT2D eigenvalue weighted by atomic mass is 10.1. The zero-order valence-corrected chi connectivity index (χ0v) is 15.7. The van der Waals surface area contributed by atoms with Crippen LogP contribution in [-0.4, -0.2) is 33.4 Å². The maximum absolute atomic E-state index is 11.6. The standard InChI is InChI=1S/C17H16N4O3S2/c1-9-15(26-17(18-9)19-10(2)23)13-8-25-16(21-13)20-12-5-3-4-11(6-12)14(24)7-22/h3-6,8,22H,7H2,1-2H3,(H,20,21)(H,18,19,23). The Morgan fingerprint density at radius 3 is 2.77 bits per heavy atom. The molecule has 9 heteroatoms. The lowest BCUT2D eigenvalue weighted by molar-refractivity contribution is -0.114. The zero-order chi connectivity index (χ0) is 18.7. The average Bonchev–Trinajstić information content (AvgIpc) is 3.20. The molecule has 2 aromatic heterocycles. The molecule has 0 bridgehead atoms. The fourth-order valence-corrected chi connectivity index (χ4v) is 4.03. The van der Waals surface area contributed by atoms with Gasteiger partial charge in [0, 0.05) is 23.6 Å². The number of anilines is 3. The highest BCUT2D eigenvalue weighted by atomic mass is 32.1. The maximum atomic E-state index is 11.6. The summed E-state index contributed by atoms with van der Waals surface area (Å²) in [7, 11) is 0. The van der Waals surface area contributed by atoms with Crippen molar-refractivity contribution in [2.24, 2.45) is 0 Å². The van der Waals surface area contributed by atoms with E-state index in [2.05, 4.69) is 20.6 Å². The summed E-state index contributed by atoms with van der Waals surface area (Å²) in [6.07, 6.45) is 0. The Balaban J connectivity index is 1.79. The van der Waals surface area contributed by atoms with Gasteiger partial charge in [-0.05, 0) is 19.1 Å². The number of aliphatic hydroxyl groups is 1. The Labute approximate surface area is 157 Å². The molecule has 3 aromatic rings. The van der Waals surface area contributed by atoms with Crippen LogP contribution in [0.2, 0.25) is 0 Å². The van der Waals surface area contributed by atoms with Crippen LogP contribution >= 0.6 is 22.7 Å². The van der Waals surface area contributed by atoms with E-state index < -0.39 is 6.61 Å². The van der Waals surface area contributed by atoms with E-state index in [0.717, 1.165) is 16.3 Å². The first-order chi connectivity index (χ1) is 12.5. The van der Waals surface area contributed by atoms with Gasteiger partial charge in [-0.15, -0.1) is 11.3 Å². The topological polar surface area (TPSA) is 104 Å². The number of hydrogen-bond donors (Lipinski definition) is 3. The number of nitrogens with one attached hydrogen (secondary N) is 2. The van der Waals surface area contributed by atoms with Gasteiger partial charge in [0.2, 0.25) is 5.91 Å². The molecule has 7 nitrogen and oxygen atoms in total. The number of carbonyl (C=O) groups excluding carboxylic acids is 2. The van der Waals surface area contributed by atoms with E-state index in [1.807, 2.05) is 18.4 Å². The molecule has 26 heavy (non-hydrogen) atoms. The molecular formula is C17H16N4O3S2. The molecule has 0 fully saturated rings. The fourth-order valence-electron chi connectivity index (χ4n) is 2.26. The molecular weight excluding hydrogens is 372 g/mol. The number of aromatic nitrogens is 2. The van der Waals surface area contributed by atoms with Gasteiger partial charge in [0.05, 0.1) is 16.3 Å². The van der Waals surface area contributed by atoms with Crippen molar-refractivity contribution < 1.29 is 14.7 Å². The molecule has 0 saturated heterocycles. The Kier molecular flexibility index (Phi) is 5.40. The van der Waals surface area contributed by atoms with E-state index in [4.69, 9.17) is 5.11 Å². The van der Waals surface area contributed by atoms with Crippen LogP contribution in [-0.2, 0) is 4.79 Å². The van der Waals surface area contributed by atoms with Gasteiger partial charge >= 0.3 is 0 Å². The van der Waals surface area contributed by atoms with Crippen molar-refractivity contribution in [1.82, 2.24) is 9.97 Å². The van der Waals surface area contributed by atoms with Crippen LogP contribution in [0.5, 0.6) is 0 Å². The Morgan fingerprint density at radius 1 is 1.23 bits per heavy atom. The van der Waals surface area contributed by atoms with Crippen LogP contribution in [0.15, 0.2) is 29.6 Å². The molecule has 3 rings (SSSR count). The number of nitrogens with zero attached hydrogens (tertiary/aromatic N) is 2. The summed E-state index contributed by atoms with van der Waals surface area (Å²) in [4.78, 5) is 32.5. The van der Waals surface area contributed by atoms with E-state index >= 15 is 0 Å². The molecule has 0 aliphatic rings. The third-order valence-corrected chi connectivity index (χ3v) is 5.25. The monoisotopic (exact) mass is 388 g/mol. The van der Waals surface area contributed by atoms with Gasteiger partial charge in [-0.2, -0.15) is 0 Å². The van der Waals surface area contributed by atoms with Crippen LogP contribution in [0.3, 0.4) is 0 Å². The molecule has 0 unspecified atom stereocenters. The number of amides is 1.